The maximum atomic E-state index is 9.53. The maximum Gasteiger partial charge on any atom is 0.201 e. The Kier molecular flexibility index (Phi) is 2.34. The van der Waals surface area contributed by atoms with Gasteiger partial charge in [0.2, 0.25) is 5.65 Å². The van der Waals surface area contributed by atoms with Crippen molar-refractivity contribution in [2.75, 3.05) is 0 Å². The van der Waals surface area contributed by atoms with Crippen molar-refractivity contribution < 1.29 is 5.11 Å². The summed E-state index contributed by atoms with van der Waals surface area (Å²) in [7, 11) is 0. The number of H-pyrrole nitrogens is 1. The Labute approximate surface area is 98.2 Å². The van der Waals surface area contributed by atoms with Gasteiger partial charge in [-0.15, -0.1) is 5.10 Å². The average molecular weight is 233 g/mol. The highest BCUT2D eigenvalue weighted by Crippen LogP contribution is 2.35. The van der Waals surface area contributed by atoms with Crippen molar-refractivity contribution in [3.63, 3.8) is 0 Å². The molecule has 2 aromatic rings. The number of aliphatic hydroxyl groups excluding tert-OH is 1. The van der Waals surface area contributed by atoms with Crippen molar-refractivity contribution in [2.45, 2.75) is 37.3 Å². The maximum absolute atomic E-state index is 9.53. The number of rotatable bonds is 1. The van der Waals surface area contributed by atoms with Crippen molar-refractivity contribution in [2.24, 2.45) is 5.73 Å². The summed E-state index contributed by atoms with van der Waals surface area (Å²) >= 11 is 0. The van der Waals surface area contributed by atoms with Gasteiger partial charge in [0.05, 0.1) is 6.10 Å². The van der Waals surface area contributed by atoms with Crippen LogP contribution in [0, 0.1) is 0 Å². The zero-order valence-electron chi connectivity index (χ0n) is 9.43. The third-order valence-corrected chi connectivity index (χ3v) is 3.60. The highest BCUT2D eigenvalue weighted by molar-refractivity contribution is 5.69. The molecule has 2 aromatic heterocycles. The summed E-state index contributed by atoms with van der Waals surface area (Å²) in [6.45, 7) is 0. The second-order valence-corrected chi connectivity index (χ2v) is 4.78. The normalized spacial score (nSPS) is 29.6. The Balaban J connectivity index is 1.96. The zero-order chi connectivity index (χ0) is 11.9. The Morgan fingerprint density at radius 2 is 2.12 bits per heavy atom. The first-order chi connectivity index (χ1) is 8.17. The van der Waals surface area contributed by atoms with E-state index >= 15 is 0 Å². The standard InChI is InChI=1S/C11H15N5O/c12-11(3-1-8(17)2-4-11)7-5-9-10(13-6-7)15-16-14-9/h5-6,8,17H,1-4,12H2,(H,13,14,15,16). The van der Waals surface area contributed by atoms with Crippen LogP contribution in [-0.2, 0) is 5.54 Å². The summed E-state index contributed by atoms with van der Waals surface area (Å²) < 4.78 is 0. The van der Waals surface area contributed by atoms with Crippen molar-refractivity contribution >= 4 is 11.2 Å². The third kappa shape index (κ3) is 1.79. The lowest BCUT2D eigenvalue weighted by molar-refractivity contribution is 0.0968. The Morgan fingerprint density at radius 1 is 1.35 bits per heavy atom. The van der Waals surface area contributed by atoms with E-state index < -0.39 is 0 Å². The molecule has 0 atom stereocenters. The Morgan fingerprint density at radius 3 is 2.88 bits per heavy atom. The van der Waals surface area contributed by atoms with Gasteiger partial charge in [0.15, 0.2) is 0 Å². The van der Waals surface area contributed by atoms with Crippen LogP contribution >= 0.6 is 0 Å². The first-order valence-corrected chi connectivity index (χ1v) is 5.81. The van der Waals surface area contributed by atoms with Gasteiger partial charge in [0.1, 0.15) is 5.52 Å². The molecular weight excluding hydrogens is 218 g/mol. The summed E-state index contributed by atoms with van der Waals surface area (Å²) in [5.74, 6) is 0. The van der Waals surface area contributed by atoms with Crippen LogP contribution in [0.5, 0.6) is 0 Å². The van der Waals surface area contributed by atoms with Crippen LogP contribution in [0.1, 0.15) is 31.2 Å². The molecular formula is C11H15N5O. The number of hydrogen-bond donors (Lipinski definition) is 3. The molecule has 0 aliphatic heterocycles. The number of nitrogens with one attached hydrogen (secondary N) is 1. The van der Waals surface area contributed by atoms with Crippen LogP contribution in [0.25, 0.3) is 11.2 Å². The fraction of sp³-hybridized carbons (Fsp3) is 0.545. The largest absolute Gasteiger partial charge is 0.393 e. The molecule has 6 nitrogen and oxygen atoms in total. The molecule has 1 aliphatic carbocycles. The summed E-state index contributed by atoms with van der Waals surface area (Å²) in [6.07, 6.45) is 4.59. The number of aromatic amines is 1. The topological polar surface area (TPSA) is 101 Å². The highest BCUT2D eigenvalue weighted by Gasteiger charge is 2.33. The molecule has 0 radical (unpaired) electrons. The summed E-state index contributed by atoms with van der Waals surface area (Å²) in [6, 6.07) is 1.93. The minimum absolute atomic E-state index is 0.213. The lowest BCUT2D eigenvalue weighted by Gasteiger charge is -2.35. The number of aromatic nitrogens is 4. The molecule has 0 saturated heterocycles. The molecule has 0 unspecified atom stereocenters. The fourth-order valence-electron chi connectivity index (χ4n) is 2.42. The SMILES string of the molecule is NC1(c2cnc3n[nH]nc3c2)CCC(O)CC1. The summed E-state index contributed by atoms with van der Waals surface area (Å²) in [4.78, 5) is 4.23. The van der Waals surface area contributed by atoms with Crippen LogP contribution in [0.2, 0.25) is 0 Å². The number of pyridine rings is 1. The van der Waals surface area contributed by atoms with E-state index in [2.05, 4.69) is 20.4 Å². The zero-order valence-corrected chi connectivity index (χ0v) is 9.43. The quantitative estimate of drug-likeness (QED) is 0.663. The molecule has 3 rings (SSSR count). The Hall–Kier alpha value is -1.53. The minimum Gasteiger partial charge on any atom is -0.393 e. The molecule has 1 aliphatic rings. The number of nitrogens with zero attached hydrogens (tertiary/aromatic N) is 3. The minimum atomic E-state index is -0.390. The van der Waals surface area contributed by atoms with E-state index in [0.717, 1.165) is 36.8 Å². The van der Waals surface area contributed by atoms with Gasteiger partial charge in [-0.2, -0.15) is 10.3 Å². The van der Waals surface area contributed by atoms with E-state index in [9.17, 15) is 5.11 Å². The lowest BCUT2D eigenvalue weighted by atomic mass is 9.77. The van der Waals surface area contributed by atoms with E-state index in [1.54, 1.807) is 6.20 Å². The van der Waals surface area contributed by atoms with Crippen LogP contribution in [0.3, 0.4) is 0 Å². The van der Waals surface area contributed by atoms with Gasteiger partial charge in [0, 0.05) is 11.7 Å². The van der Waals surface area contributed by atoms with Gasteiger partial charge in [0.25, 0.3) is 0 Å². The summed E-state index contributed by atoms with van der Waals surface area (Å²) in [5.41, 5.74) is 8.32. The fourth-order valence-corrected chi connectivity index (χ4v) is 2.42. The Bertz CT molecular complexity index is 529. The van der Waals surface area contributed by atoms with Gasteiger partial charge in [-0.1, -0.05) is 0 Å². The van der Waals surface area contributed by atoms with Crippen molar-refractivity contribution in [1.29, 1.82) is 0 Å². The van der Waals surface area contributed by atoms with Gasteiger partial charge < -0.3 is 10.8 Å². The van der Waals surface area contributed by atoms with E-state index in [0.29, 0.717) is 5.65 Å². The van der Waals surface area contributed by atoms with Crippen LogP contribution in [0.15, 0.2) is 12.3 Å². The van der Waals surface area contributed by atoms with E-state index in [4.69, 9.17) is 5.73 Å². The number of hydrogen-bond acceptors (Lipinski definition) is 5. The van der Waals surface area contributed by atoms with Crippen molar-refractivity contribution in [3.05, 3.63) is 17.8 Å². The molecule has 0 spiro atoms. The first kappa shape index (κ1) is 10.6. The van der Waals surface area contributed by atoms with Crippen LogP contribution in [-0.4, -0.2) is 31.6 Å². The monoisotopic (exact) mass is 233 g/mol. The van der Waals surface area contributed by atoms with Gasteiger partial charge >= 0.3 is 0 Å². The molecule has 0 bridgehead atoms. The van der Waals surface area contributed by atoms with Crippen molar-refractivity contribution in [1.82, 2.24) is 20.4 Å². The number of fused-ring (bicyclic) bond motifs is 1. The molecule has 0 amide bonds. The average Bonchev–Trinajstić information content (AvgIpc) is 2.80. The molecule has 2 heterocycles. The van der Waals surface area contributed by atoms with Crippen molar-refractivity contribution in [3.8, 4) is 0 Å². The third-order valence-electron chi connectivity index (χ3n) is 3.60. The number of aliphatic hydroxyl groups is 1. The van der Waals surface area contributed by atoms with E-state index in [1.807, 2.05) is 6.07 Å². The molecule has 17 heavy (non-hydrogen) atoms. The predicted molar refractivity (Wildman–Crippen MR) is 62.0 cm³/mol. The molecule has 90 valence electrons. The first-order valence-electron chi connectivity index (χ1n) is 5.81. The lowest BCUT2D eigenvalue weighted by Crippen LogP contribution is -2.41. The van der Waals surface area contributed by atoms with Gasteiger partial charge in [-0.3, -0.25) is 0 Å². The molecule has 1 fully saturated rings. The van der Waals surface area contributed by atoms with Crippen LogP contribution in [0.4, 0.5) is 0 Å². The second-order valence-electron chi connectivity index (χ2n) is 4.78. The van der Waals surface area contributed by atoms with E-state index in [-0.39, 0.29) is 11.6 Å². The molecule has 0 aromatic carbocycles. The van der Waals surface area contributed by atoms with Gasteiger partial charge in [-0.05, 0) is 37.3 Å². The molecule has 4 N–H and O–H groups in total. The summed E-state index contributed by atoms with van der Waals surface area (Å²) in [5, 5.41) is 20.0. The van der Waals surface area contributed by atoms with Gasteiger partial charge in [-0.25, -0.2) is 4.98 Å². The molecule has 6 heteroatoms. The highest BCUT2D eigenvalue weighted by atomic mass is 16.3. The smallest absolute Gasteiger partial charge is 0.201 e. The molecule has 1 saturated carbocycles. The van der Waals surface area contributed by atoms with E-state index in [1.165, 1.54) is 0 Å². The van der Waals surface area contributed by atoms with Crippen LogP contribution < -0.4 is 5.73 Å². The predicted octanol–water partition coefficient (Wildman–Crippen LogP) is 0.442. The number of nitrogens with two attached hydrogens (primary N) is 1. The second kappa shape index (κ2) is 3.75.